The van der Waals surface area contributed by atoms with Gasteiger partial charge in [-0.3, -0.25) is 14.2 Å². The van der Waals surface area contributed by atoms with Crippen LogP contribution in [-0.2, 0) is 0 Å². The van der Waals surface area contributed by atoms with Gasteiger partial charge in [0.05, 0.1) is 17.3 Å². The van der Waals surface area contributed by atoms with Gasteiger partial charge in [-0.15, -0.1) is 0 Å². The molecule has 0 atom stereocenters. The first-order valence-corrected chi connectivity index (χ1v) is 12.3. The second kappa shape index (κ2) is 9.53. The highest BCUT2D eigenvalue weighted by Crippen LogP contribution is 2.28. The molecule has 0 saturated heterocycles. The Hall–Kier alpha value is -4.74. The van der Waals surface area contributed by atoms with Gasteiger partial charge < -0.3 is 9.72 Å². The quantitative estimate of drug-likeness (QED) is 0.380. The van der Waals surface area contributed by atoms with E-state index in [-0.39, 0.29) is 34.4 Å². The number of halogens is 3. The standard InChI is InChI=1S/C27H21F3N6O3/c28-15-11-19-24(31-13-15)35(18-8-9-20(29)21(30)12-18)27(39)36(26(19)38)17-6-4-16(5-7-17)32-25(37)22-14-34-10-2-1-3-23(34)33-22/h1-3,8-14,16-17H,4-7H2,(H,32,37). The summed E-state index contributed by atoms with van der Waals surface area (Å²) in [4.78, 5) is 48.0. The van der Waals surface area contributed by atoms with Crippen LogP contribution in [0.4, 0.5) is 13.2 Å². The number of hydrogen-bond acceptors (Lipinski definition) is 5. The zero-order valence-electron chi connectivity index (χ0n) is 20.4. The van der Waals surface area contributed by atoms with E-state index in [1.54, 1.807) is 22.9 Å². The molecule has 1 aliphatic carbocycles. The Morgan fingerprint density at radius 2 is 1.77 bits per heavy atom. The van der Waals surface area contributed by atoms with Gasteiger partial charge in [0.2, 0.25) is 0 Å². The number of imidazole rings is 1. The van der Waals surface area contributed by atoms with Gasteiger partial charge in [-0.1, -0.05) is 6.07 Å². The van der Waals surface area contributed by atoms with Crippen molar-refractivity contribution in [3.63, 3.8) is 0 Å². The lowest BCUT2D eigenvalue weighted by Crippen LogP contribution is -2.45. The molecule has 1 fully saturated rings. The van der Waals surface area contributed by atoms with Crippen LogP contribution in [-0.4, -0.2) is 35.5 Å². The number of amides is 1. The normalized spacial score (nSPS) is 17.5. The molecule has 1 amide bonds. The number of nitrogens with zero attached hydrogens (tertiary/aromatic N) is 5. The SMILES string of the molecule is O=C(NC1CCC(n2c(=O)c3cc(F)cnc3n(-c3ccc(F)c(F)c3)c2=O)CC1)c1cn2ccccc2n1. The number of aromatic nitrogens is 5. The summed E-state index contributed by atoms with van der Waals surface area (Å²) in [5, 5.41) is 2.80. The number of nitrogens with one attached hydrogen (secondary N) is 1. The van der Waals surface area contributed by atoms with E-state index in [0.717, 1.165) is 33.5 Å². The van der Waals surface area contributed by atoms with Gasteiger partial charge in [-0.05, 0) is 56.0 Å². The Bertz CT molecular complexity index is 1840. The summed E-state index contributed by atoms with van der Waals surface area (Å²) < 4.78 is 45.4. The Balaban J connectivity index is 1.30. The maximum absolute atomic E-state index is 14.1. The van der Waals surface area contributed by atoms with E-state index in [4.69, 9.17) is 0 Å². The zero-order valence-corrected chi connectivity index (χ0v) is 20.4. The molecule has 12 heteroatoms. The van der Waals surface area contributed by atoms with Gasteiger partial charge in [0.25, 0.3) is 11.5 Å². The number of carbonyl (C=O) groups is 1. The maximum atomic E-state index is 14.1. The van der Waals surface area contributed by atoms with Crippen molar-refractivity contribution in [2.45, 2.75) is 37.8 Å². The van der Waals surface area contributed by atoms with Crippen LogP contribution in [0, 0.1) is 17.5 Å². The van der Waals surface area contributed by atoms with Crippen molar-refractivity contribution in [2.24, 2.45) is 0 Å². The van der Waals surface area contributed by atoms with E-state index in [9.17, 15) is 27.6 Å². The smallest absolute Gasteiger partial charge is 0.337 e. The fourth-order valence-corrected chi connectivity index (χ4v) is 5.14. The lowest BCUT2D eigenvalue weighted by Gasteiger charge is -2.30. The van der Waals surface area contributed by atoms with Crippen LogP contribution >= 0.6 is 0 Å². The predicted molar refractivity (Wildman–Crippen MR) is 135 cm³/mol. The third-order valence-corrected chi connectivity index (χ3v) is 7.05. The molecule has 6 rings (SSSR count). The molecule has 0 radical (unpaired) electrons. The lowest BCUT2D eigenvalue weighted by molar-refractivity contribution is 0.0917. The number of benzene rings is 1. The number of pyridine rings is 2. The Labute approximate surface area is 218 Å². The van der Waals surface area contributed by atoms with Crippen LogP contribution in [0.2, 0.25) is 0 Å². The minimum Gasteiger partial charge on any atom is -0.348 e. The number of hydrogen-bond donors (Lipinski definition) is 1. The van der Waals surface area contributed by atoms with Crippen molar-refractivity contribution >= 4 is 22.6 Å². The molecule has 0 bridgehead atoms. The highest BCUT2D eigenvalue weighted by molar-refractivity contribution is 5.93. The van der Waals surface area contributed by atoms with Crippen LogP contribution in [0.5, 0.6) is 0 Å². The summed E-state index contributed by atoms with van der Waals surface area (Å²) in [6.45, 7) is 0. The molecule has 4 heterocycles. The molecule has 0 unspecified atom stereocenters. The summed E-state index contributed by atoms with van der Waals surface area (Å²) >= 11 is 0. The minimum atomic E-state index is -1.19. The minimum absolute atomic E-state index is 0.0508. The molecule has 1 saturated carbocycles. The van der Waals surface area contributed by atoms with E-state index in [1.165, 1.54) is 6.07 Å². The summed E-state index contributed by atoms with van der Waals surface area (Å²) in [6, 6.07) is 8.52. The molecule has 4 aromatic heterocycles. The second-order valence-electron chi connectivity index (χ2n) is 9.49. The molecule has 1 aliphatic rings. The molecule has 1 aromatic carbocycles. The first-order chi connectivity index (χ1) is 18.8. The summed E-state index contributed by atoms with van der Waals surface area (Å²) in [5.74, 6) is -3.39. The van der Waals surface area contributed by atoms with Crippen molar-refractivity contribution < 1.29 is 18.0 Å². The molecule has 198 valence electrons. The average Bonchev–Trinajstić information content (AvgIpc) is 3.37. The number of rotatable bonds is 4. The van der Waals surface area contributed by atoms with Gasteiger partial charge in [0, 0.05) is 30.5 Å². The van der Waals surface area contributed by atoms with E-state index >= 15 is 0 Å². The van der Waals surface area contributed by atoms with Crippen LogP contribution in [0.1, 0.15) is 42.2 Å². The van der Waals surface area contributed by atoms with Crippen molar-refractivity contribution in [3.05, 3.63) is 105 Å². The molecular formula is C27H21F3N6O3. The summed E-state index contributed by atoms with van der Waals surface area (Å²) in [7, 11) is 0. The van der Waals surface area contributed by atoms with Crippen molar-refractivity contribution in [1.82, 2.24) is 28.8 Å². The maximum Gasteiger partial charge on any atom is 0.337 e. The van der Waals surface area contributed by atoms with Crippen LogP contribution < -0.4 is 16.6 Å². The highest BCUT2D eigenvalue weighted by atomic mass is 19.2. The second-order valence-corrected chi connectivity index (χ2v) is 9.49. The molecule has 0 spiro atoms. The van der Waals surface area contributed by atoms with E-state index in [0.29, 0.717) is 31.3 Å². The van der Waals surface area contributed by atoms with Gasteiger partial charge >= 0.3 is 5.69 Å². The lowest BCUT2D eigenvalue weighted by atomic mass is 9.90. The Kier molecular flexibility index (Phi) is 6.01. The third-order valence-electron chi connectivity index (χ3n) is 7.05. The fraction of sp³-hybridized carbons (Fsp3) is 0.222. The van der Waals surface area contributed by atoms with Gasteiger partial charge in [-0.2, -0.15) is 0 Å². The Morgan fingerprint density at radius 1 is 0.974 bits per heavy atom. The van der Waals surface area contributed by atoms with Gasteiger partial charge in [0.1, 0.15) is 17.2 Å². The van der Waals surface area contributed by atoms with Crippen LogP contribution in [0.3, 0.4) is 0 Å². The number of fused-ring (bicyclic) bond motifs is 2. The molecule has 1 N–H and O–H groups in total. The molecule has 0 aliphatic heterocycles. The first kappa shape index (κ1) is 24.6. The topological polar surface area (TPSA) is 103 Å². The van der Waals surface area contributed by atoms with Gasteiger partial charge in [0.15, 0.2) is 17.3 Å². The highest BCUT2D eigenvalue weighted by Gasteiger charge is 2.28. The van der Waals surface area contributed by atoms with Crippen LogP contribution in [0.15, 0.2) is 70.6 Å². The van der Waals surface area contributed by atoms with Crippen molar-refractivity contribution in [3.8, 4) is 5.69 Å². The largest absolute Gasteiger partial charge is 0.348 e. The van der Waals surface area contributed by atoms with E-state index < -0.39 is 34.7 Å². The first-order valence-electron chi connectivity index (χ1n) is 12.3. The fourth-order valence-electron chi connectivity index (χ4n) is 5.14. The average molecular weight is 534 g/mol. The number of carbonyl (C=O) groups excluding carboxylic acids is 1. The monoisotopic (exact) mass is 534 g/mol. The predicted octanol–water partition coefficient (Wildman–Crippen LogP) is 3.53. The third kappa shape index (κ3) is 4.37. The molecule has 39 heavy (non-hydrogen) atoms. The Morgan fingerprint density at radius 3 is 2.51 bits per heavy atom. The summed E-state index contributed by atoms with van der Waals surface area (Å²) in [6.07, 6.45) is 5.97. The van der Waals surface area contributed by atoms with Crippen LogP contribution in [0.25, 0.3) is 22.4 Å². The molecular weight excluding hydrogens is 513 g/mol. The molecule has 5 aromatic rings. The van der Waals surface area contributed by atoms with Crippen molar-refractivity contribution in [2.75, 3.05) is 0 Å². The zero-order chi connectivity index (χ0) is 27.3. The van der Waals surface area contributed by atoms with Gasteiger partial charge in [-0.25, -0.2) is 32.5 Å². The summed E-state index contributed by atoms with van der Waals surface area (Å²) in [5.41, 5.74) is -0.816. The molecule has 9 nitrogen and oxygen atoms in total. The van der Waals surface area contributed by atoms with E-state index in [2.05, 4.69) is 15.3 Å². The van der Waals surface area contributed by atoms with Crippen molar-refractivity contribution in [1.29, 1.82) is 0 Å². The van der Waals surface area contributed by atoms with E-state index in [1.807, 2.05) is 12.1 Å².